The highest BCUT2D eigenvalue weighted by atomic mass is 16.3. The van der Waals surface area contributed by atoms with Crippen molar-refractivity contribution in [2.24, 2.45) is 11.8 Å². The molecule has 0 amide bonds. The van der Waals surface area contributed by atoms with Crippen molar-refractivity contribution in [2.45, 2.75) is 63.5 Å². The van der Waals surface area contributed by atoms with E-state index in [0.29, 0.717) is 12.0 Å². The zero-order chi connectivity index (χ0) is 11.2. The second-order valence-electron chi connectivity index (χ2n) is 6.43. The molecular formula is C14H25NO. The van der Waals surface area contributed by atoms with Gasteiger partial charge in [0.1, 0.15) is 0 Å². The van der Waals surface area contributed by atoms with Crippen LogP contribution in [0.2, 0.25) is 0 Å². The Morgan fingerprint density at radius 2 is 1.81 bits per heavy atom. The van der Waals surface area contributed by atoms with E-state index < -0.39 is 0 Å². The van der Waals surface area contributed by atoms with E-state index in [-0.39, 0.29) is 5.60 Å². The Hall–Kier alpha value is -0.0800. The number of hydrogen-bond acceptors (Lipinski definition) is 2. The molecule has 2 nitrogen and oxygen atoms in total. The Balaban J connectivity index is 1.65. The van der Waals surface area contributed by atoms with Crippen LogP contribution in [-0.4, -0.2) is 34.7 Å². The van der Waals surface area contributed by atoms with Crippen LogP contribution in [0.25, 0.3) is 0 Å². The van der Waals surface area contributed by atoms with Crippen molar-refractivity contribution in [1.82, 2.24) is 4.90 Å². The molecule has 3 rings (SSSR count). The summed E-state index contributed by atoms with van der Waals surface area (Å²) >= 11 is 0. The first-order valence-corrected chi connectivity index (χ1v) is 7.16. The predicted octanol–water partition coefficient (Wildman–Crippen LogP) is 2.41. The van der Waals surface area contributed by atoms with Crippen LogP contribution in [0, 0.1) is 11.8 Å². The minimum Gasteiger partial charge on any atom is -0.387 e. The fourth-order valence-electron chi connectivity index (χ4n) is 4.23. The van der Waals surface area contributed by atoms with Crippen LogP contribution in [0.15, 0.2) is 0 Å². The first kappa shape index (κ1) is 11.0. The molecule has 3 aliphatic rings. The second kappa shape index (κ2) is 3.99. The maximum absolute atomic E-state index is 10.9. The Bertz CT molecular complexity index is 259. The third-order valence-corrected chi connectivity index (χ3v) is 5.37. The van der Waals surface area contributed by atoms with E-state index in [2.05, 4.69) is 11.8 Å². The molecule has 2 atom stereocenters. The van der Waals surface area contributed by atoms with Gasteiger partial charge in [-0.3, -0.25) is 4.90 Å². The summed E-state index contributed by atoms with van der Waals surface area (Å²) in [5.41, 5.74) is -0.305. The number of aliphatic hydroxyl groups is 1. The van der Waals surface area contributed by atoms with Crippen LogP contribution in [0.3, 0.4) is 0 Å². The Kier molecular flexibility index (Phi) is 2.75. The first-order valence-electron chi connectivity index (χ1n) is 7.16. The molecular weight excluding hydrogens is 198 g/mol. The third-order valence-electron chi connectivity index (χ3n) is 5.37. The summed E-state index contributed by atoms with van der Waals surface area (Å²) in [6.45, 7) is 4.56. The zero-order valence-electron chi connectivity index (χ0n) is 10.5. The lowest BCUT2D eigenvalue weighted by Crippen LogP contribution is -2.73. The van der Waals surface area contributed by atoms with Crippen LogP contribution in [-0.2, 0) is 0 Å². The average molecular weight is 223 g/mol. The lowest BCUT2D eigenvalue weighted by atomic mass is 9.64. The van der Waals surface area contributed by atoms with E-state index in [1.165, 1.54) is 51.5 Å². The van der Waals surface area contributed by atoms with Gasteiger partial charge in [0.25, 0.3) is 0 Å². The highest BCUT2D eigenvalue weighted by Crippen LogP contribution is 2.46. The van der Waals surface area contributed by atoms with Crippen LogP contribution in [0.5, 0.6) is 0 Å². The van der Waals surface area contributed by atoms with Gasteiger partial charge in [0.05, 0.1) is 5.60 Å². The van der Waals surface area contributed by atoms with Crippen molar-refractivity contribution in [1.29, 1.82) is 0 Å². The monoisotopic (exact) mass is 223 g/mol. The molecule has 3 fully saturated rings. The molecule has 2 saturated heterocycles. The van der Waals surface area contributed by atoms with E-state index in [1.54, 1.807) is 0 Å². The lowest BCUT2D eigenvalue weighted by Gasteiger charge is -2.60. The maximum atomic E-state index is 10.9. The highest BCUT2D eigenvalue weighted by molar-refractivity contribution is 5.10. The molecule has 2 aliphatic heterocycles. The normalized spacial score (nSPS) is 49.5. The molecule has 16 heavy (non-hydrogen) atoms. The summed E-state index contributed by atoms with van der Waals surface area (Å²) in [4.78, 5) is 2.52. The van der Waals surface area contributed by atoms with Crippen molar-refractivity contribution < 1.29 is 5.11 Å². The van der Waals surface area contributed by atoms with Crippen molar-refractivity contribution >= 4 is 0 Å². The van der Waals surface area contributed by atoms with Crippen LogP contribution >= 0.6 is 0 Å². The first-order chi connectivity index (χ1) is 7.70. The molecule has 1 saturated carbocycles. The van der Waals surface area contributed by atoms with Crippen molar-refractivity contribution in [2.75, 3.05) is 13.1 Å². The molecule has 0 aromatic carbocycles. The molecule has 0 spiro atoms. The van der Waals surface area contributed by atoms with Gasteiger partial charge in [-0.2, -0.15) is 0 Å². The number of hydrogen-bond donors (Lipinski definition) is 1. The summed E-state index contributed by atoms with van der Waals surface area (Å²) in [7, 11) is 0. The van der Waals surface area contributed by atoms with Crippen molar-refractivity contribution in [3.63, 3.8) is 0 Å². The number of nitrogens with zero attached hydrogens (tertiary/aromatic N) is 1. The predicted molar refractivity (Wildman–Crippen MR) is 65.3 cm³/mol. The molecule has 0 radical (unpaired) electrons. The molecule has 0 bridgehead atoms. The third kappa shape index (κ3) is 1.62. The van der Waals surface area contributed by atoms with Gasteiger partial charge in [0.2, 0.25) is 0 Å². The molecule has 2 unspecified atom stereocenters. The number of rotatable bonds is 1. The minimum atomic E-state index is -0.305. The van der Waals surface area contributed by atoms with Gasteiger partial charge in [-0.25, -0.2) is 0 Å². The van der Waals surface area contributed by atoms with Crippen LogP contribution in [0.1, 0.15) is 51.9 Å². The van der Waals surface area contributed by atoms with Gasteiger partial charge >= 0.3 is 0 Å². The summed E-state index contributed by atoms with van der Waals surface area (Å²) < 4.78 is 0. The highest BCUT2D eigenvalue weighted by Gasteiger charge is 2.55. The van der Waals surface area contributed by atoms with Gasteiger partial charge in [0, 0.05) is 12.6 Å². The van der Waals surface area contributed by atoms with E-state index in [4.69, 9.17) is 0 Å². The van der Waals surface area contributed by atoms with E-state index in [0.717, 1.165) is 12.5 Å². The topological polar surface area (TPSA) is 23.5 Å². The molecule has 0 aromatic heterocycles. The fourth-order valence-corrected chi connectivity index (χ4v) is 4.23. The lowest BCUT2D eigenvalue weighted by molar-refractivity contribution is -0.202. The number of piperidine rings is 1. The minimum absolute atomic E-state index is 0.305. The van der Waals surface area contributed by atoms with Crippen LogP contribution < -0.4 is 0 Å². The van der Waals surface area contributed by atoms with Crippen molar-refractivity contribution in [3.8, 4) is 0 Å². The standard InChI is InChI=1S/C14H25NO/c1-11-5-7-12(8-6-11)14(16)10-15-9-3-2-4-13(14)15/h11-13,16H,2-10H2,1H3. The zero-order valence-corrected chi connectivity index (χ0v) is 10.5. The quantitative estimate of drug-likeness (QED) is 0.738. The van der Waals surface area contributed by atoms with E-state index in [1.807, 2.05) is 0 Å². The van der Waals surface area contributed by atoms with E-state index in [9.17, 15) is 5.11 Å². The molecule has 92 valence electrons. The Morgan fingerprint density at radius 1 is 1.06 bits per heavy atom. The largest absolute Gasteiger partial charge is 0.387 e. The second-order valence-corrected chi connectivity index (χ2v) is 6.43. The Labute approximate surface area is 99.0 Å². The maximum Gasteiger partial charge on any atom is 0.0956 e. The van der Waals surface area contributed by atoms with Gasteiger partial charge < -0.3 is 5.11 Å². The molecule has 2 heterocycles. The molecule has 0 aromatic rings. The summed E-state index contributed by atoms with van der Waals surface area (Å²) in [6.07, 6.45) is 9.10. The van der Waals surface area contributed by atoms with Gasteiger partial charge in [-0.05, 0) is 44.1 Å². The Morgan fingerprint density at radius 3 is 2.50 bits per heavy atom. The average Bonchev–Trinajstić information content (AvgIpc) is 2.28. The van der Waals surface area contributed by atoms with Gasteiger partial charge in [-0.15, -0.1) is 0 Å². The fraction of sp³-hybridized carbons (Fsp3) is 1.00. The SMILES string of the molecule is CC1CCC(C2(O)CN3CCCCC32)CC1. The molecule has 1 N–H and O–H groups in total. The summed E-state index contributed by atoms with van der Waals surface area (Å²) in [5.74, 6) is 1.49. The molecule has 1 aliphatic carbocycles. The van der Waals surface area contributed by atoms with E-state index >= 15 is 0 Å². The van der Waals surface area contributed by atoms with Gasteiger partial charge in [0.15, 0.2) is 0 Å². The number of fused-ring (bicyclic) bond motifs is 1. The molecule has 2 heteroatoms. The van der Waals surface area contributed by atoms with Crippen LogP contribution in [0.4, 0.5) is 0 Å². The van der Waals surface area contributed by atoms with Gasteiger partial charge in [-0.1, -0.05) is 26.2 Å². The summed E-state index contributed by atoms with van der Waals surface area (Å²) in [6, 6.07) is 0.514. The summed E-state index contributed by atoms with van der Waals surface area (Å²) in [5, 5.41) is 10.9. The van der Waals surface area contributed by atoms with Crippen molar-refractivity contribution in [3.05, 3.63) is 0 Å². The smallest absolute Gasteiger partial charge is 0.0956 e.